The summed E-state index contributed by atoms with van der Waals surface area (Å²) in [5.41, 5.74) is 2.94. The molecule has 0 unspecified atom stereocenters. The lowest BCUT2D eigenvalue weighted by molar-refractivity contribution is -0.124. The number of nitrogens with one attached hydrogen (secondary N) is 3. The zero-order chi connectivity index (χ0) is 29.7. The molecule has 214 valence electrons. The highest BCUT2D eigenvalue weighted by Gasteiger charge is 2.18. The van der Waals surface area contributed by atoms with E-state index in [1.807, 2.05) is 0 Å². The molecule has 11 heteroatoms. The number of benzene rings is 3. The molecule has 8 nitrogen and oxygen atoms in total. The summed E-state index contributed by atoms with van der Waals surface area (Å²) in [4.78, 5) is 38.3. The van der Waals surface area contributed by atoms with Gasteiger partial charge >= 0.3 is 0 Å². The van der Waals surface area contributed by atoms with Gasteiger partial charge in [-0.2, -0.15) is 0 Å². The Morgan fingerprint density at radius 3 is 2.32 bits per heavy atom. The molecular weight excluding hydrogens is 570 g/mol. The Labute approximate surface area is 246 Å². The summed E-state index contributed by atoms with van der Waals surface area (Å²) >= 11 is 12.2. The molecule has 0 spiro atoms. The Balaban J connectivity index is 1.57. The van der Waals surface area contributed by atoms with Crippen LogP contribution in [0, 0.1) is 11.7 Å². The van der Waals surface area contributed by atoms with Gasteiger partial charge < -0.3 is 25.3 Å². The minimum absolute atomic E-state index is 0.0915. The van der Waals surface area contributed by atoms with E-state index in [0.29, 0.717) is 35.6 Å². The first-order chi connectivity index (χ1) is 19.6. The number of anilines is 2. The third-order valence-electron chi connectivity index (χ3n) is 6.35. The second-order valence-corrected chi connectivity index (χ2v) is 10.5. The standard InChI is InChI=1S/C30H29Cl2FN4O4/c1-17(2)28(38)34-16-18-4-7-23(31)22(12-18)29(39)35-20-6-9-26-19(13-20)14-27(37(26)10-11-41-3)30(40)36-21-5-8-25(33)24(32)15-21/h4-9,12-15,17H,10-11,16H2,1-3H3,(H,34,38)(H,35,39)(H,36,40). The summed E-state index contributed by atoms with van der Waals surface area (Å²) in [7, 11) is 1.57. The first kappa shape index (κ1) is 30.0. The maximum absolute atomic E-state index is 13.6. The summed E-state index contributed by atoms with van der Waals surface area (Å²) in [5.74, 6) is -1.67. The van der Waals surface area contributed by atoms with Gasteiger partial charge in [-0.05, 0) is 60.2 Å². The van der Waals surface area contributed by atoms with Crippen LogP contribution in [0.1, 0.15) is 40.3 Å². The number of nitrogens with zero attached hydrogens (tertiary/aromatic N) is 1. The van der Waals surface area contributed by atoms with E-state index in [2.05, 4.69) is 16.0 Å². The molecule has 4 aromatic rings. The molecule has 0 aliphatic rings. The van der Waals surface area contributed by atoms with Gasteiger partial charge in [-0.15, -0.1) is 0 Å². The maximum Gasteiger partial charge on any atom is 0.272 e. The van der Waals surface area contributed by atoms with E-state index in [0.717, 1.165) is 11.1 Å². The van der Waals surface area contributed by atoms with Crippen molar-refractivity contribution in [2.45, 2.75) is 26.9 Å². The highest BCUT2D eigenvalue weighted by atomic mass is 35.5. The number of hydrogen-bond acceptors (Lipinski definition) is 4. The van der Waals surface area contributed by atoms with E-state index in [-0.39, 0.29) is 34.0 Å². The van der Waals surface area contributed by atoms with Crippen LogP contribution in [0.5, 0.6) is 0 Å². The smallest absolute Gasteiger partial charge is 0.272 e. The van der Waals surface area contributed by atoms with Crippen molar-refractivity contribution >= 4 is 63.2 Å². The van der Waals surface area contributed by atoms with Crippen molar-refractivity contribution in [3.05, 3.63) is 93.3 Å². The van der Waals surface area contributed by atoms with Crippen LogP contribution in [0.3, 0.4) is 0 Å². The third-order valence-corrected chi connectivity index (χ3v) is 6.97. The van der Waals surface area contributed by atoms with Crippen molar-refractivity contribution in [1.29, 1.82) is 0 Å². The van der Waals surface area contributed by atoms with Gasteiger partial charge in [-0.1, -0.05) is 43.1 Å². The fourth-order valence-electron chi connectivity index (χ4n) is 4.18. The number of halogens is 3. The summed E-state index contributed by atoms with van der Waals surface area (Å²) in [6.45, 7) is 4.63. The predicted molar refractivity (Wildman–Crippen MR) is 159 cm³/mol. The van der Waals surface area contributed by atoms with Crippen molar-refractivity contribution in [2.24, 2.45) is 5.92 Å². The summed E-state index contributed by atoms with van der Waals surface area (Å²) in [6.07, 6.45) is 0. The summed E-state index contributed by atoms with van der Waals surface area (Å²) < 4.78 is 20.6. The molecule has 0 bridgehead atoms. The fraction of sp³-hybridized carbons (Fsp3) is 0.233. The number of aromatic nitrogens is 1. The molecule has 0 saturated heterocycles. The highest BCUT2D eigenvalue weighted by Crippen LogP contribution is 2.27. The van der Waals surface area contributed by atoms with Gasteiger partial charge in [0.1, 0.15) is 11.5 Å². The summed E-state index contributed by atoms with van der Waals surface area (Å²) in [6, 6.07) is 15.9. The van der Waals surface area contributed by atoms with Crippen LogP contribution >= 0.6 is 23.2 Å². The Morgan fingerprint density at radius 1 is 0.902 bits per heavy atom. The number of methoxy groups -OCH3 is 1. The molecule has 0 aliphatic heterocycles. The Morgan fingerprint density at radius 2 is 1.61 bits per heavy atom. The topological polar surface area (TPSA) is 101 Å². The van der Waals surface area contributed by atoms with Gasteiger partial charge in [0.05, 0.1) is 22.2 Å². The van der Waals surface area contributed by atoms with Crippen LogP contribution in [0.2, 0.25) is 10.0 Å². The molecule has 3 aromatic carbocycles. The van der Waals surface area contributed by atoms with Gasteiger partial charge in [0, 0.05) is 48.4 Å². The number of rotatable bonds is 10. The zero-order valence-corrected chi connectivity index (χ0v) is 24.2. The van der Waals surface area contributed by atoms with E-state index in [1.54, 1.807) is 68.0 Å². The molecule has 4 rings (SSSR count). The molecule has 3 N–H and O–H groups in total. The van der Waals surface area contributed by atoms with E-state index in [4.69, 9.17) is 27.9 Å². The van der Waals surface area contributed by atoms with Crippen LogP contribution in [0.25, 0.3) is 10.9 Å². The minimum atomic E-state index is -0.584. The lowest BCUT2D eigenvalue weighted by atomic mass is 10.1. The van der Waals surface area contributed by atoms with Crippen LogP contribution in [-0.2, 0) is 22.6 Å². The number of amides is 3. The number of carbonyl (C=O) groups is 3. The van der Waals surface area contributed by atoms with Crippen molar-refractivity contribution in [3.8, 4) is 0 Å². The van der Waals surface area contributed by atoms with Crippen molar-refractivity contribution in [1.82, 2.24) is 9.88 Å². The van der Waals surface area contributed by atoms with Gasteiger partial charge in [0.25, 0.3) is 11.8 Å². The number of hydrogen-bond donors (Lipinski definition) is 3. The highest BCUT2D eigenvalue weighted by molar-refractivity contribution is 6.34. The molecule has 0 aliphatic carbocycles. The molecule has 0 fully saturated rings. The van der Waals surface area contributed by atoms with Crippen LogP contribution < -0.4 is 16.0 Å². The first-order valence-corrected chi connectivity index (χ1v) is 13.6. The second-order valence-electron chi connectivity index (χ2n) is 9.67. The normalized spacial score (nSPS) is 11.1. The lowest BCUT2D eigenvalue weighted by Gasteiger charge is -2.12. The van der Waals surface area contributed by atoms with Crippen molar-refractivity contribution in [2.75, 3.05) is 24.4 Å². The average Bonchev–Trinajstić information content (AvgIpc) is 3.30. The van der Waals surface area contributed by atoms with Gasteiger partial charge in [0.2, 0.25) is 5.91 Å². The predicted octanol–water partition coefficient (Wildman–Crippen LogP) is 6.51. The monoisotopic (exact) mass is 598 g/mol. The maximum atomic E-state index is 13.6. The van der Waals surface area contributed by atoms with Gasteiger partial charge in [0.15, 0.2) is 0 Å². The fourth-order valence-corrected chi connectivity index (χ4v) is 4.56. The third kappa shape index (κ3) is 7.24. The van der Waals surface area contributed by atoms with E-state index in [9.17, 15) is 18.8 Å². The molecule has 0 radical (unpaired) electrons. The number of ether oxygens (including phenoxy) is 1. The summed E-state index contributed by atoms with van der Waals surface area (Å²) in [5, 5.41) is 9.30. The van der Waals surface area contributed by atoms with Crippen molar-refractivity contribution < 1.29 is 23.5 Å². The Kier molecular flexibility index (Phi) is 9.65. The van der Waals surface area contributed by atoms with Crippen LogP contribution in [0.15, 0.2) is 60.7 Å². The molecule has 41 heavy (non-hydrogen) atoms. The zero-order valence-electron chi connectivity index (χ0n) is 22.7. The molecular formula is C30H29Cl2FN4O4. The molecule has 0 saturated carbocycles. The largest absolute Gasteiger partial charge is 0.383 e. The van der Waals surface area contributed by atoms with E-state index < -0.39 is 17.6 Å². The number of carbonyl (C=O) groups excluding carboxylic acids is 3. The second kappa shape index (κ2) is 13.2. The quantitative estimate of drug-likeness (QED) is 0.194. The van der Waals surface area contributed by atoms with E-state index >= 15 is 0 Å². The Bertz CT molecular complexity index is 1620. The molecule has 3 amide bonds. The Hall–Kier alpha value is -3.92. The van der Waals surface area contributed by atoms with Gasteiger partial charge in [-0.3, -0.25) is 14.4 Å². The molecule has 0 atom stereocenters. The van der Waals surface area contributed by atoms with Crippen LogP contribution in [-0.4, -0.2) is 36.0 Å². The minimum Gasteiger partial charge on any atom is -0.383 e. The van der Waals surface area contributed by atoms with Crippen molar-refractivity contribution in [3.63, 3.8) is 0 Å². The van der Waals surface area contributed by atoms with Crippen LogP contribution in [0.4, 0.5) is 15.8 Å². The molecule has 1 aromatic heterocycles. The molecule has 1 heterocycles. The average molecular weight is 599 g/mol. The SMILES string of the molecule is COCCn1c(C(=O)Nc2ccc(F)c(Cl)c2)cc2cc(NC(=O)c3cc(CNC(=O)C(C)C)ccc3Cl)ccc21. The number of fused-ring (bicyclic) bond motifs is 1. The van der Waals surface area contributed by atoms with E-state index in [1.165, 1.54) is 18.2 Å². The lowest BCUT2D eigenvalue weighted by Crippen LogP contribution is -2.27. The first-order valence-electron chi connectivity index (χ1n) is 12.8. The van der Waals surface area contributed by atoms with Gasteiger partial charge in [-0.25, -0.2) is 4.39 Å².